The zero-order valence-electron chi connectivity index (χ0n) is 19.3. The van der Waals surface area contributed by atoms with Gasteiger partial charge in [-0.15, -0.1) is 0 Å². The molecule has 1 fully saturated rings. The fraction of sp³-hybridized carbons (Fsp3) is 0.231. The van der Waals surface area contributed by atoms with Crippen LogP contribution >= 0.6 is 0 Å². The average Bonchev–Trinajstić information content (AvgIpc) is 3.43. The second-order valence-electron chi connectivity index (χ2n) is 9.11. The van der Waals surface area contributed by atoms with E-state index in [-0.39, 0.29) is 22.4 Å². The fourth-order valence-corrected chi connectivity index (χ4v) is 4.31. The van der Waals surface area contributed by atoms with Gasteiger partial charge in [0.15, 0.2) is 5.69 Å². The Bertz CT molecular complexity index is 1420. The minimum absolute atomic E-state index is 0.0696. The van der Waals surface area contributed by atoms with Crippen LogP contribution in [0.25, 0.3) is 22.8 Å². The Hall–Kier alpha value is -4.20. The van der Waals surface area contributed by atoms with Gasteiger partial charge in [0.1, 0.15) is 11.4 Å². The van der Waals surface area contributed by atoms with Crippen LogP contribution in [0.5, 0.6) is 5.75 Å². The largest absolute Gasteiger partial charge is 0.494 e. The van der Waals surface area contributed by atoms with Crippen molar-refractivity contribution < 1.29 is 9.53 Å². The van der Waals surface area contributed by atoms with E-state index in [1.807, 2.05) is 48.5 Å². The van der Waals surface area contributed by atoms with Crippen molar-refractivity contribution >= 4 is 11.6 Å². The second-order valence-corrected chi connectivity index (χ2v) is 9.11. The number of carbonyl (C=O) groups is 1. The summed E-state index contributed by atoms with van der Waals surface area (Å²) < 4.78 is 8.94. The summed E-state index contributed by atoms with van der Waals surface area (Å²) in [5.41, 5.74) is 2.84. The first-order chi connectivity index (χ1) is 16.4. The molecule has 0 unspecified atom stereocenters. The predicted molar refractivity (Wildman–Crippen MR) is 130 cm³/mol. The van der Waals surface area contributed by atoms with Gasteiger partial charge in [0.2, 0.25) is 11.3 Å². The maximum atomic E-state index is 12.8. The number of methoxy groups -OCH3 is 1. The number of hydrogen-bond acceptors (Lipinski definition) is 5. The van der Waals surface area contributed by atoms with Crippen molar-refractivity contribution in [3.63, 3.8) is 0 Å². The highest BCUT2D eigenvalue weighted by molar-refractivity contribution is 5.96. The number of rotatable bonds is 5. The molecule has 0 aliphatic carbocycles. The highest BCUT2D eigenvalue weighted by atomic mass is 16.5. The molecule has 2 aromatic carbocycles. The van der Waals surface area contributed by atoms with Crippen LogP contribution < -0.4 is 15.1 Å². The fourth-order valence-electron chi connectivity index (χ4n) is 4.31. The average molecular weight is 456 g/mol. The summed E-state index contributed by atoms with van der Waals surface area (Å²) in [4.78, 5) is 27.1. The molecule has 34 heavy (non-hydrogen) atoms. The highest BCUT2D eigenvalue weighted by Gasteiger charge is 2.36. The van der Waals surface area contributed by atoms with Gasteiger partial charge >= 0.3 is 0 Å². The van der Waals surface area contributed by atoms with Gasteiger partial charge < -0.3 is 9.64 Å². The second kappa shape index (κ2) is 8.30. The van der Waals surface area contributed by atoms with Crippen LogP contribution in [0.4, 0.5) is 5.69 Å². The molecule has 0 spiro atoms. The van der Waals surface area contributed by atoms with Gasteiger partial charge in [-0.1, -0.05) is 32.0 Å². The number of hydrogen-bond donors (Lipinski definition) is 0. The standard InChI is InChI=1S/C26H25N5O3/c1-26(2)16-24(33)29(17-26)19-9-10-20(23(15-19)34-3)30-14-12-22(32)25(28-30)21-11-13-27-31(21)18-7-5-4-6-8-18/h4-15H,16-17H2,1-3H3. The summed E-state index contributed by atoms with van der Waals surface area (Å²) in [5, 5.41) is 9.01. The van der Waals surface area contributed by atoms with Crippen molar-refractivity contribution in [3.05, 3.63) is 83.3 Å². The van der Waals surface area contributed by atoms with Crippen LogP contribution in [0.3, 0.4) is 0 Å². The number of nitrogens with zero attached hydrogens (tertiary/aromatic N) is 5. The zero-order chi connectivity index (χ0) is 23.9. The first kappa shape index (κ1) is 21.6. The molecule has 0 bridgehead atoms. The van der Waals surface area contributed by atoms with Crippen molar-refractivity contribution in [3.8, 4) is 28.5 Å². The topological polar surface area (TPSA) is 82.3 Å². The molecule has 0 saturated carbocycles. The van der Waals surface area contributed by atoms with Gasteiger partial charge in [0.05, 0.1) is 24.7 Å². The maximum absolute atomic E-state index is 12.8. The molecule has 4 aromatic rings. The molecular formula is C26H25N5O3. The van der Waals surface area contributed by atoms with Crippen LogP contribution in [-0.2, 0) is 4.79 Å². The lowest BCUT2D eigenvalue weighted by atomic mass is 9.93. The van der Waals surface area contributed by atoms with Crippen LogP contribution in [0.2, 0.25) is 0 Å². The first-order valence-corrected chi connectivity index (χ1v) is 11.0. The Morgan fingerprint density at radius 2 is 1.76 bits per heavy atom. The smallest absolute Gasteiger partial charge is 0.227 e. The molecular weight excluding hydrogens is 430 g/mol. The first-order valence-electron chi connectivity index (χ1n) is 11.0. The number of carbonyl (C=O) groups excluding carboxylic acids is 1. The lowest BCUT2D eigenvalue weighted by molar-refractivity contribution is -0.117. The third kappa shape index (κ3) is 3.87. The summed E-state index contributed by atoms with van der Waals surface area (Å²) >= 11 is 0. The van der Waals surface area contributed by atoms with Crippen molar-refractivity contribution in [2.75, 3.05) is 18.6 Å². The molecule has 1 saturated heterocycles. The summed E-state index contributed by atoms with van der Waals surface area (Å²) in [5.74, 6) is 0.645. The summed E-state index contributed by atoms with van der Waals surface area (Å²) in [6.07, 6.45) is 3.76. The van der Waals surface area contributed by atoms with Crippen molar-refractivity contribution in [1.29, 1.82) is 0 Å². The van der Waals surface area contributed by atoms with E-state index in [1.165, 1.54) is 6.07 Å². The molecule has 172 valence electrons. The minimum Gasteiger partial charge on any atom is -0.494 e. The zero-order valence-corrected chi connectivity index (χ0v) is 19.3. The number of amides is 1. The SMILES string of the molecule is COc1cc(N2CC(C)(C)CC2=O)ccc1-n1ccc(=O)c(-c2ccnn2-c2ccccc2)n1. The van der Waals surface area contributed by atoms with Crippen LogP contribution in [0.15, 0.2) is 77.9 Å². The van der Waals surface area contributed by atoms with Gasteiger partial charge in [-0.3, -0.25) is 9.59 Å². The molecule has 5 rings (SSSR count). The molecule has 1 aliphatic heterocycles. The number of benzene rings is 2. The van der Waals surface area contributed by atoms with E-state index < -0.39 is 0 Å². The van der Waals surface area contributed by atoms with E-state index >= 15 is 0 Å². The number of aromatic nitrogens is 4. The minimum atomic E-state index is -0.214. The van der Waals surface area contributed by atoms with E-state index in [0.29, 0.717) is 30.1 Å². The Labute approximate surface area is 197 Å². The molecule has 0 atom stereocenters. The van der Waals surface area contributed by atoms with E-state index in [0.717, 1.165) is 11.4 Å². The van der Waals surface area contributed by atoms with Crippen molar-refractivity contribution in [1.82, 2.24) is 19.6 Å². The lowest BCUT2D eigenvalue weighted by Gasteiger charge is -2.21. The monoisotopic (exact) mass is 455 g/mol. The van der Waals surface area contributed by atoms with E-state index in [1.54, 1.807) is 39.8 Å². The normalized spacial score (nSPS) is 15.0. The van der Waals surface area contributed by atoms with Gasteiger partial charge in [0, 0.05) is 37.0 Å². The van der Waals surface area contributed by atoms with Gasteiger partial charge in [0.25, 0.3) is 0 Å². The highest BCUT2D eigenvalue weighted by Crippen LogP contribution is 2.36. The Morgan fingerprint density at radius 1 is 0.971 bits per heavy atom. The molecule has 3 heterocycles. The quantitative estimate of drug-likeness (QED) is 0.456. The Morgan fingerprint density at radius 3 is 2.47 bits per heavy atom. The number of para-hydroxylation sites is 1. The molecule has 8 heteroatoms. The van der Waals surface area contributed by atoms with Crippen molar-refractivity contribution in [2.45, 2.75) is 20.3 Å². The van der Waals surface area contributed by atoms with Crippen LogP contribution in [0.1, 0.15) is 20.3 Å². The van der Waals surface area contributed by atoms with Gasteiger partial charge in [-0.25, -0.2) is 9.36 Å². The summed E-state index contributed by atoms with van der Waals surface area (Å²) in [6.45, 7) is 4.82. The van der Waals surface area contributed by atoms with Crippen molar-refractivity contribution in [2.24, 2.45) is 5.41 Å². The van der Waals surface area contributed by atoms with Gasteiger partial charge in [-0.05, 0) is 35.7 Å². The summed E-state index contributed by atoms with van der Waals surface area (Å²) in [7, 11) is 1.58. The molecule has 1 aliphatic rings. The predicted octanol–water partition coefficient (Wildman–Crippen LogP) is 3.86. The molecule has 2 aromatic heterocycles. The Kier molecular flexibility index (Phi) is 5.28. The van der Waals surface area contributed by atoms with Crippen LogP contribution in [0, 0.1) is 5.41 Å². The summed E-state index contributed by atoms with van der Waals surface area (Å²) in [6, 6.07) is 18.4. The lowest BCUT2D eigenvalue weighted by Crippen LogP contribution is -2.26. The Balaban J connectivity index is 1.56. The molecule has 0 radical (unpaired) electrons. The molecule has 0 N–H and O–H groups in total. The van der Waals surface area contributed by atoms with E-state index in [4.69, 9.17) is 4.74 Å². The molecule has 1 amide bonds. The number of ether oxygens (including phenoxy) is 1. The van der Waals surface area contributed by atoms with E-state index in [9.17, 15) is 9.59 Å². The van der Waals surface area contributed by atoms with Gasteiger partial charge in [-0.2, -0.15) is 10.2 Å². The maximum Gasteiger partial charge on any atom is 0.227 e. The third-order valence-electron chi connectivity index (χ3n) is 5.93. The molecule has 8 nitrogen and oxygen atoms in total. The van der Waals surface area contributed by atoms with Crippen LogP contribution in [-0.4, -0.2) is 39.1 Å². The van der Waals surface area contributed by atoms with E-state index in [2.05, 4.69) is 24.0 Å². The third-order valence-corrected chi connectivity index (χ3v) is 5.93. The number of anilines is 1.